The lowest BCUT2D eigenvalue weighted by molar-refractivity contribution is -0.307. The Balaban J connectivity index is 1.79. The van der Waals surface area contributed by atoms with Crippen LogP contribution < -0.4 is 0 Å². The first-order valence-electron chi connectivity index (χ1n) is 9.19. The fraction of sp³-hybridized carbons (Fsp3) is 0.895. The van der Waals surface area contributed by atoms with Crippen molar-refractivity contribution in [2.75, 3.05) is 0 Å². The Labute approximate surface area is 130 Å². The Kier molecular flexibility index (Phi) is 7.25. The van der Waals surface area contributed by atoms with Gasteiger partial charge in [0, 0.05) is 0 Å². The number of rotatable bonds is 7. The normalized spacial score (nSPS) is 35.3. The Morgan fingerprint density at radius 3 is 1.95 bits per heavy atom. The topological polar surface area (TPSA) is 29.5 Å². The van der Waals surface area contributed by atoms with E-state index in [1.807, 2.05) is 0 Å². The highest BCUT2D eigenvalue weighted by molar-refractivity contribution is 4.86. The molecule has 0 saturated heterocycles. The summed E-state index contributed by atoms with van der Waals surface area (Å²) in [5.41, 5.74) is 0. The predicted octanol–water partition coefficient (Wildman–Crippen LogP) is 5.83. The molecule has 122 valence electrons. The molecule has 0 spiro atoms. The Bertz CT molecular complexity index is 286. The Morgan fingerprint density at radius 2 is 1.52 bits per heavy atom. The summed E-state index contributed by atoms with van der Waals surface area (Å²) in [6, 6.07) is 0. The fourth-order valence-corrected chi connectivity index (χ4v) is 4.76. The van der Waals surface area contributed by atoms with Crippen LogP contribution in [0.15, 0.2) is 12.7 Å². The van der Waals surface area contributed by atoms with E-state index in [4.69, 9.17) is 4.89 Å². The molecular weight excluding hydrogens is 260 g/mol. The molecule has 2 fully saturated rings. The monoisotopic (exact) mass is 294 g/mol. The van der Waals surface area contributed by atoms with Gasteiger partial charge < -0.3 is 0 Å². The third-order valence-corrected chi connectivity index (χ3v) is 6.03. The number of allylic oxidation sites excluding steroid dienone is 1. The smallest absolute Gasteiger partial charge is 0.0983 e. The first-order valence-corrected chi connectivity index (χ1v) is 9.19. The van der Waals surface area contributed by atoms with Crippen LogP contribution in [0.5, 0.6) is 0 Å². The van der Waals surface area contributed by atoms with Gasteiger partial charge in [-0.1, -0.05) is 38.7 Å². The standard InChI is InChI=1S/C19H34O2/c1-3-5-15-7-11-17(12-8-15)19(21-20)18-13-9-16(6-4-2)10-14-18/h3,15-20H,1,4-14H2,2H3. The number of hydrogen-bond donors (Lipinski definition) is 1. The summed E-state index contributed by atoms with van der Waals surface area (Å²) in [6.45, 7) is 6.14. The highest BCUT2D eigenvalue weighted by Crippen LogP contribution is 2.41. The molecule has 1 atom stereocenters. The molecule has 0 aromatic heterocycles. The second-order valence-corrected chi connectivity index (χ2v) is 7.44. The van der Waals surface area contributed by atoms with Crippen molar-refractivity contribution in [1.82, 2.24) is 0 Å². The van der Waals surface area contributed by atoms with Crippen LogP contribution in [0.25, 0.3) is 0 Å². The van der Waals surface area contributed by atoms with Gasteiger partial charge in [-0.05, 0) is 68.6 Å². The first-order chi connectivity index (χ1) is 10.3. The van der Waals surface area contributed by atoms with Gasteiger partial charge >= 0.3 is 0 Å². The van der Waals surface area contributed by atoms with Crippen molar-refractivity contribution >= 4 is 0 Å². The van der Waals surface area contributed by atoms with Crippen LogP contribution >= 0.6 is 0 Å². The third kappa shape index (κ3) is 4.82. The summed E-state index contributed by atoms with van der Waals surface area (Å²) in [6.07, 6.45) is 16.2. The van der Waals surface area contributed by atoms with E-state index in [9.17, 15) is 5.26 Å². The van der Waals surface area contributed by atoms with Crippen molar-refractivity contribution in [2.45, 2.75) is 83.7 Å². The van der Waals surface area contributed by atoms with Gasteiger partial charge in [0.15, 0.2) is 0 Å². The van der Waals surface area contributed by atoms with Crippen molar-refractivity contribution in [3.63, 3.8) is 0 Å². The van der Waals surface area contributed by atoms with E-state index in [0.717, 1.165) is 18.3 Å². The molecule has 2 aliphatic rings. The van der Waals surface area contributed by atoms with Crippen LogP contribution in [0, 0.1) is 23.7 Å². The minimum absolute atomic E-state index is 0.0947. The van der Waals surface area contributed by atoms with Crippen LogP contribution in [-0.4, -0.2) is 11.4 Å². The molecule has 0 bridgehead atoms. The highest BCUT2D eigenvalue weighted by atomic mass is 17.1. The van der Waals surface area contributed by atoms with E-state index in [1.54, 1.807) is 0 Å². The first kappa shape index (κ1) is 17.0. The summed E-state index contributed by atoms with van der Waals surface area (Å²) >= 11 is 0. The Hall–Kier alpha value is -0.340. The van der Waals surface area contributed by atoms with E-state index in [1.165, 1.54) is 64.2 Å². The van der Waals surface area contributed by atoms with E-state index in [0.29, 0.717) is 11.8 Å². The van der Waals surface area contributed by atoms with Crippen LogP contribution in [0.3, 0.4) is 0 Å². The minimum Gasteiger partial charge on any atom is -0.252 e. The van der Waals surface area contributed by atoms with Crippen molar-refractivity contribution in [1.29, 1.82) is 0 Å². The van der Waals surface area contributed by atoms with E-state index in [-0.39, 0.29) is 6.10 Å². The second kappa shape index (κ2) is 8.95. The molecule has 0 aromatic carbocycles. The largest absolute Gasteiger partial charge is 0.252 e. The maximum Gasteiger partial charge on any atom is 0.0983 e. The van der Waals surface area contributed by atoms with Gasteiger partial charge in [-0.3, -0.25) is 5.26 Å². The molecule has 0 aromatic rings. The molecule has 0 radical (unpaired) electrons. The van der Waals surface area contributed by atoms with Crippen LogP contribution in [-0.2, 0) is 4.89 Å². The zero-order chi connectivity index (χ0) is 15.1. The van der Waals surface area contributed by atoms with Gasteiger partial charge in [-0.25, -0.2) is 4.89 Å². The van der Waals surface area contributed by atoms with Crippen molar-refractivity contribution in [3.8, 4) is 0 Å². The molecule has 2 nitrogen and oxygen atoms in total. The summed E-state index contributed by atoms with van der Waals surface area (Å²) in [5.74, 6) is 2.90. The summed E-state index contributed by atoms with van der Waals surface area (Å²) in [5, 5.41) is 9.45. The van der Waals surface area contributed by atoms with Gasteiger partial charge in [-0.15, -0.1) is 6.58 Å². The van der Waals surface area contributed by atoms with Crippen molar-refractivity contribution in [2.24, 2.45) is 23.7 Å². The highest BCUT2D eigenvalue weighted by Gasteiger charge is 2.35. The molecule has 2 rings (SSSR count). The van der Waals surface area contributed by atoms with Crippen molar-refractivity contribution in [3.05, 3.63) is 12.7 Å². The molecule has 2 heteroatoms. The molecule has 2 aliphatic carbocycles. The molecule has 2 saturated carbocycles. The summed E-state index contributed by atoms with van der Waals surface area (Å²) < 4.78 is 0. The molecule has 1 N–H and O–H groups in total. The average molecular weight is 294 g/mol. The lowest BCUT2D eigenvalue weighted by Gasteiger charge is -2.38. The zero-order valence-electron chi connectivity index (χ0n) is 13.8. The minimum atomic E-state index is 0.0947. The van der Waals surface area contributed by atoms with Crippen LogP contribution in [0.2, 0.25) is 0 Å². The van der Waals surface area contributed by atoms with E-state index in [2.05, 4.69) is 19.6 Å². The van der Waals surface area contributed by atoms with Crippen molar-refractivity contribution < 1.29 is 10.1 Å². The molecular formula is C19H34O2. The van der Waals surface area contributed by atoms with Gasteiger partial charge in [0.2, 0.25) is 0 Å². The lowest BCUT2D eigenvalue weighted by atomic mass is 9.70. The van der Waals surface area contributed by atoms with Gasteiger partial charge in [0.25, 0.3) is 0 Å². The zero-order valence-corrected chi connectivity index (χ0v) is 13.8. The summed E-state index contributed by atoms with van der Waals surface area (Å²) in [7, 11) is 0. The van der Waals surface area contributed by atoms with Gasteiger partial charge in [-0.2, -0.15) is 0 Å². The molecule has 0 heterocycles. The van der Waals surface area contributed by atoms with E-state index < -0.39 is 0 Å². The van der Waals surface area contributed by atoms with Gasteiger partial charge in [0.1, 0.15) is 0 Å². The lowest BCUT2D eigenvalue weighted by Crippen LogP contribution is -2.36. The average Bonchev–Trinajstić information content (AvgIpc) is 2.52. The quantitative estimate of drug-likeness (QED) is 0.363. The molecule has 1 unspecified atom stereocenters. The maximum absolute atomic E-state index is 9.45. The third-order valence-electron chi connectivity index (χ3n) is 6.03. The SMILES string of the molecule is C=CCC1CCC(C(OO)C2CCC(CCC)CC2)CC1. The Morgan fingerprint density at radius 1 is 1.00 bits per heavy atom. The number of hydrogen-bond acceptors (Lipinski definition) is 2. The maximum atomic E-state index is 9.45. The second-order valence-electron chi connectivity index (χ2n) is 7.44. The van der Waals surface area contributed by atoms with Crippen LogP contribution in [0.1, 0.15) is 77.6 Å². The molecule has 21 heavy (non-hydrogen) atoms. The van der Waals surface area contributed by atoms with Gasteiger partial charge in [0.05, 0.1) is 6.10 Å². The van der Waals surface area contributed by atoms with Crippen LogP contribution in [0.4, 0.5) is 0 Å². The predicted molar refractivity (Wildman–Crippen MR) is 88.1 cm³/mol. The molecule has 0 aliphatic heterocycles. The summed E-state index contributed by atoms with van der Waals surface area (Å²) in [4.78, 5) is 5.00. The fourth-order valence-electron chi connectivity index (χ4n) is 4.76. The molecule has 0 amide bonds. The van der Waals surface area contributed by atoms with E-state index >= 15 is 0 Å².